The molecule has 0 spiro atoms. The molecule has 142 valence electrons. The molecule has 1 aliphatic heterocycles. The topological polar surface area (TPSA) is 103 Å². The molecule has 0 radical (unpaired) electrons. The van der Waals surface area contributed by atoms with E-state index in [4.69, 9.17) is 9.52 Å². The summed E-state index contributed by atoms with van der Waals surface area (Å²) in [5.74, 6) is -0.589. The minimum atomic E-state index is -0.833. The molecule has 1 aromatic rings. The van der Waals surface area contributed by atoms with Crippen LogP contribution in [0.25, 0.3) is 0 Å². The molecule has 2 amide bonds. The van der Waals surface area contributed by atoms with Crippen LogP contribution < -0.4 is 5.32 Å². The van der Waals surface area contributed by atoms with Gasteiger partial charge in [-0.25, -0.2) is 0 Å². The Hall–Kier alpha value is -2.35. The van der Waals surface area contributed by atoms with Crippen LogP contribution in [0.2, 0.25) is 0 Å². The predicted octanol–water partition coefficient (Wildman–Crippen LogP) is 0.682. The summed E-state index contributed by atoms with van der Waals surface area (Å²) in [6.45, 7) is 3.44. The lowest BCUT2D eigenvalue weighted by Crippen LogP contribution is -2.55. The monoisotopic (exact) mass is 363 g/mol. The third-order valence-corrected chi connectivity index (χ3v) is 5.23. The second kappa shape index (κ2) is 7.90. The van der Waals surface area contributed by atoms with E-state index in [1.807, 2.05) is 17.9 Å². The molecular formula is C18H25N3O5. The summed E-state index contributed by atoms with van der Waals surface area (Å²) in [6.07, 6.45) is 3.30. The van der Waals surface area contributed by atoms with Crippen molar-refractivity contribution in [2.24, 2.45) is 5.92 Å². The number of nitrogens with one attached hydrogen (secondary N) is 1. The van der Waals surface area contributed by atoms with Gasteiger partial charge < -0.3 is 19.7 Å². The first-order valence-corrected chi connectivity index (χ1v) is 9.02. The van der Waals surface area contributed by atoms with E-state index in [1.165, 1.54) is 0 Å². The molecule has 3 rings (SSSR count). The normalized spacial score (nSPS) is 25.4. The molecule has 1 saturated heterocycles. The van der Waals surface area contributed by atoms with Gasteiger partial charge in [0.1, 0.15) is 5.76 Å². The van der Waals surface area contributed by atoms with Gasteiger partial charge in [-0.1, -0.05) is 6.92 Å². The van der Waals surface area contributed by atoms with E-state index in [1.54, 1.807) is 17.2 Å². The van der Waals surface area contributed by atoms with Gasteiger partial charge >= 0.3 is 5.97 Å². The Labute approximate surface area is 152 Å². The van der Waals surface area contributed by atoms with Crippen LogP contribution in [-0.4, -0.2) is 64.4 Å². The molecule has 1 aliphatic carbocycles. The highest BCUT2D eigenvalue weighted by Crippen LogP contribution is 2.27. The van der Waals surface area contributed by atoms with Crippen molar-refractivity contribution in [1.29, 1.82) is 0 Å². The third kappa shape index (κ3) is 4.24. The van der Waals surface area contributed by atoms with Crippen molar-refractivity contribution in [2.45, 2.75) is 44.8 Å². The summed E-state index contributed by atoms with van der Waals surface area (Å²) >= 11 is 0. The number of carboxylic acids is 1. The van der Waals surface area contributed by atoms with Gasteiger partial charge in [0.05, 0.1) is 25.3 Å². The summed E-state index contributed by atoms with van der Waals surface area (Å²) in [4.78, 5) is 39.0. The van der Waals surface area contributed by atoms with Gasteiger partial charge in [0.25, 0.3) is 0 Å². The standard InChI is InChI=1S/C18H25N3O5/c1-2-20(11-17(23)24)14-7-13(8-14)19-18(25)12-6-16(22)21(9-12)10-15-4-3-5-26-15/h3-5,12-14H,2,6-11H2,1H3,(H,19,25)(H,23,24). The number of carboxylic acid groups (broad SMARTS) is 1. The van der Waals surface area contributed by atoms with Crippen LogP contribution in [0.3, 0.4) is 0 Å². The molecule has 2 heterocycles. The van der Waals surface area contributed by atoms with Crippen LogP contribution in [0.4, 0.5) is 0 Å². The Morgan fingerprint density at radius 1 is 1.42 bits per heavy atom. The highest BCUT2D eigenvalue weighted by atomic mass is 16.4. The van der Waals surface area contributed by atoms with Crippen molar-refractivity contribution >= 4 is 17.8 Å². The van der Waals surface area contributed by atoms with Gasteiger partial charge in [0, 0.05) is 25.0 Å². The number of hydrogen-bond donors (Lipinski definition) is 2. The van der Waals surface area contributed by atoms with Crippen molar-refractivity contribution in [2.75, 3.05) is 19.6 Å². The fourth-order valence-corrected chi connectivity index (χ4v) is 3.69. The molecule has 2 aliphatic rings. The minimum Gasteiger partial charge on any atom is -0.480 e. The first-order chi connectivity index (χ1) is 12.5. The molecule has 0 aromatic carbocycles. The highest BCUT2D eigenvalue weighted by Gasteiger charge is 2.39. The quantitative estimate of drug-likeness (QED) is 0.704. The zero-order chi connectivity index (χ0) is 18.7. The van der Waals surface area contributed by atoms with Crippen molar-refractivity contribution in [3.05, 3.63) is 24.2 Å². The summed E-state index contributed by atoms with van der Waals surface area (Å²) < 4.78 is 5.26. The van der Waals surface area contributed by atoms with Crippen LogP contribution in [0.15, 0.2) is 22.8 Å². The van der Waals surface area contributed by atoms with E-state index in [0.717, 1.165) is 12.8 Å². The highest BCUT2D eigenvalue weighted by molar-refractivity contribution is 5.89. The molecule has 1 unspecified atom stereocenters. The lowest BCUT2D eigenvalue weighted by atomic mass is 9.85. The Bertz CT molecular complexity index is 654. The maximum absolute atomic E-state index is 12.4. The van der Waals surface area contributed by atoms with E-state index in [9.17, 15) is 14.4 Å². The Morgan fingerprint density at radius 2 is 2.19 bits per heavy atom. The number of carbonyl (C=O) groups is 3. The van der Waals surface area contributed by atoms with Crippen LogP contribution in [-0.2, 0) is 20.9 Å². The number of likely N-dealkylation sites (N-methyl/N-ethyl adjacent to an activating group) is 1. The zero-order valence-electron chi connectivity index (χ0n) is 14.9. The molecule has 8 nitrogen and oxygen atoms in total. The van der Waals surface area contributed by atoms with E-state index in [0.29, 0.717) is 25.4 Å². The van der Waals surface area contributed by atoms with E-state index >= 15 is 0 Å². The van der Waals surface area contributed by atoms with Crippen molar-refractivity contribution in [3.8, 4) is 0 Å². The van der Waals surface area contributed by atoms with E-state index < -0.39 is 5.97 Å². The van der Waals surface area contributed by atoms with Crippen LogP contribution in [0.1, 0.15) is 31.9 Å². The number of amides is 2. The predicted molar refractivity (Wildman–Crippen MR) is 92.1 cm³/mol. The van der Waals surface area contributed by atoms with Crippen molar-refractivity contribution in [3.63, 3.8) is 0 Å². The largest absolute Gasteiger partial charge is 0.480 e. The molecule has 1 aromatic heterocycles. The maximum Gasteiger partial charge on any atom is 0.317 e. The third-order valence-electron chi connectivity index (χ3n) is 5.23. The summed E-state index contributed by atoms with van der Waals surface area (Å²) in [6, 6.07) is 3.84. The van der Waals surface area contributed by atoms with E-state index in [-0.39, 0.29) is 42.8 Å². The molecule has 26 heavy (non-hydrogen) atoms. The van der Waals surface area contributed by atoms with Gasteiger partial charge in [0.15, 0.2) is 0 Å². The number of hydrogen-bond acceptors (Lipinski definition) is 5. The van der Waals surface area contributed by atoms with Gasteiger partial charge in [0.2, 0.25) is 11.8 Å². The Morgan fingerprint density at radius 3 is 2.81 bits per heavy atom. The first kappa shape index (κ1) is 18.4. The lowest BCUT2D eigenvalue weighted by Gasteiger charge is -2.42. The van der Waals surface area contributed by atoms with Gasteiger partial charge in [-0.3, -0.25) is 19.3 Å². The van der Waals surface area contributed by atoms with Crippen LogP contribution in [0, 0.1) is 5.92 Å². The molecule has 2 fully saturated rings. The molecule has 8 heteroatoms. The molecule has 1 saturated carbocycles. The van der Waals surface area contributed by atoms with Crippen molar-refractivity contribution < 1.29 is 23.9 Å². The maximum atomic E-state index is 12.4. The average Bonchev–Trinajstić information content (AvgIpc) is 3.19. The first-order valence-electron chi connectivity index (χ1n) is 9.02. The van der Waals surface area contributed by atoms with Gasteiger partial charge in [-0.2, -0.15) is 0 Å². The Kier molecular flexibility index (Phi) is 5.61. The number of nitrogens with zero attached hydrogens (tertiary/aromatic N) is 2. The second-order valence-electron chi connectivity index (χ2n) is 7.04. The molecule has 0 bridgehead atoms. The fourth-order valence-electron chi connectivity index (χ4n) is 3.69. The van der Waals surface area contributed by atoms with Gasteiger partial charge in [-0.15, -0.1) is 0 Å². The average molecular weight is 363 g/mol. The summed E-state index contributed by atoms with van der Waals surface area (Å²) in [5, 5.41) is 11.9. The summed E-state index contributed by atoms with van der Waals surface area (Å²) in [7, 11) is 0. The lowest BCUT2D eigenvalue weighted by molar-refractivity contribution is -0.140. The number of aliphatic carboxylic acids is 1. The van der Waals surface area contributed by atoms with Crippen LogP contribution >= 0.6 is 0 Å². The fraction of sp³-hybridized carbons (Fsp3) is 0.611. The summed E-state index contributed by atoms with van der Waals surface area (Å²) in [5.41, 5.74) is 0. The number of rotatable bonds is 8. The number of likely N-dealkylation sites (tertiary alicyclic amines) is 1. The molecule has 2 N–H and O–H groups in total. The minimum absolute atomic E-state index is 0.0285. The van der Waals surface area contributed by atoms with Crippen LogP contribution in [0.5, 0.6) is 0 Å². The zero-order valence-corrected chi connectivity index (χ0v) is 14.9. The smallest absolute Gasteiger partial charge is 0.317 e. The Balaban J connectivity index is 1.43. The van der Waals surface area contributed by atoms with Crippen molar-refractivity contribution in [1.82, 2.24) is 15.1 Å². The van der Waals surface area contributed by atoms with Gasteiger partial charge in [-0.05, 0) is 31.5 Å². The molecule has 1 atom stereocenters. The number of carbonyl (C=O) groups excluding carboxylic acids is 2. The SMILES string of the molecule is CCN(CC(=O)O)C1CC(NC(=O)C2CC(=O)N(Cc3ccco3)C2)C1. The second-order valence-corrected chi connectivity index (χ2v) is 7.04. The molecular weight excluding hydrogens is 338 g/mol. The number of furan rings is 1. The van der Waals surface area contributed by atoms with E-state index in [2.05, 4.69) is 5.32 Å².